The van der Waals surface area contributed by atoms with Crippen LogP contribution in [0, 0.1) is 5.92 Å². The number of Topliss-reactive ketones (excluding diaryl/α,β-unsaturated/α-hetero) is 2. The lowest BCUT2D eigenvalue weighted by Crippen LogP contribution is -2.48. The SMILES string of the molecule is O=C1C(=O)N(c2ccccc2)N=C(c2ccccc2)C1C(=O)c1ccccc1. The zero-order chi connectivity index (χ0) is 19.5. The number of nitrogens with zero attached hydrogens (tertiary/aromatic N) is 2. The maximum Gasteiger partial charge on any atom is 0.315 e. The van der Waals surface area contributed by atoms with Crippen molar-refractivity contribution in [3.63, 3.8) is 0 Å². The molecule has 1 heterocycles. The van der Waals surface area contributed by atoms with E-state index in [0.29, 0.717) is 16.8 Å². The Morgan fingerprint density at radius 3 is 1.89 bits per heavy atom. The van der Waals surface area contributed by atoms with Crippen molar-refractivity contribution in [2.75, 3.05) is 5.01 Å². The molecule has 0 bridgehead atoms. The molecule has 0 aliphatic carbocycles. The van der Waals surface area contributed by atoms with Gasteiger partial charge in [0, 0.05) is 5.56 Å². The van der Waals surface area contributed by atoms with E-state index in [1.807, 2.05) is 12.1 Å². The maximum atomic E-state index is 13.1. The molecule has 0 N–H and O–H groups in total. The number of anilines is 1. The molecule has 3 aromatic carbocycles. The van der Waals surface area contributed by atoms with Gasteiger partial charge in [-0.25, -0.2) is 0 Å². The van der Waals surface area contributed by atoms with E-state index < -0.39 is 23.4 Å². The van der Waals surface area contributed by atoms with Gasteiger partial charge in [-0.05, 0) is 17.7 Å². The van der Waals surface area contributed by atoms with Gasteiger partial charge in [-0.1, -0.05) is 78.9 Å². The van der Waals surface area contributed by atoms with Crippen LogP contribution in [0.5, 0.6) is 0 Å². The third-order valence-electron chi connectivity index (χ3n) is 4.54. The number of rotatable bonds is 4. The predicted molar refractivity (Wildman–Crippen MR) is 106 cm³/mol. The van der Waals surface area contributed by atoms with E-state index in [2.05, 4.69) is 5.10 Å². The van der Waals surface area contributed by atoms with Crippen molar-refractivity contribution in [1.29, 1.82) is 0 Å². The van der Waals surface area contributed by atoms with Crippen LogP contribution in [-0.4, -0.2) is 23.2 Å². The van der Waals surface area contributed by atoms with Crippen molar-refractivity contribution in [1.82, 2.24) is 0 Å². The monoisotopic (exact) mass is 368 g/mol. The Morgan fingerprint density at radius 2 is 1.29 bits per heavy atom. The maximum absolute atomic E-state index is 13.1. The molecule has 28 heavy (non-hydrogen) atoms. The van der Waals surface area contributed by atoms with Crippen molar-refractivity contribution in [2.45, 2.75) is 0 Å². The van der Waals surface area contributed by atoms with Crippen LogP contribution >= 0.6 is 0 Å². The molecule has 1 unspecified atom stereocenters. The van der Waals surface area contributed by atoms with Gasteiger partial charge >= 0.3 is 5.91 Å². The van der Waals surface area contributed by atoms with E-state index in [-0.39, 0.29) is 5.71 Å². The minimum absolute atomic E-state index is 0.267. The average Bonchev–Trinajstić information content (AvgIpc) is 2.77. The zero-order valence-corrected chi connectivity index (χ0v) is 14.9. The summed E-state index contributed by atoms with van der Waals surface area (Å²) in [6.45, 7) is 0. The van der Waals surface area contributed by atoms with Crippen LogP contribution in [-0.2, 0) is 9.59 Å². The van der Waals surface area contributed by atoms with Crippen molar-refractivity contribution in [2.24, 2.45) is 11.0 Å². The molecule has 1 aliphatic rings. The van der Waals surface area contributed by atoms with Gasteiger partial charge in [0.15, 0.2) is 5.78 Å². The number of hydrazone groups is 1. The average molecular weight is 368 g/mol. The second kappa shape index (κ2) is 7.40. The number of hydrogen-bond donors (Lipinski definition) is 0. The van der Waals surface area contributed by atoms with Crippen molar-refractivity contribution in [3.05, 3.63) is 102 Å². The quantitative estimate of drug-likeness (QED) is 0.402. The molecule has 136 valence electrons. The van der Waals surface area contributed by atoms with Gasteiger partial charge in [-0.2, -0.15) is 10.1 Å². The van der Waals surface area contributed by atoms with E-state index in [4.69, 9.17) is 0 Å². The topological polar surface area (TPSA) is 66.8 Å². The highest BCUT2D eigenvalue weighted by Gasteiger charge is 2.43. The van der Waals surface area contributed by atoms with E-state index >= 15 is 0 Å². The second-order valence-electron chi connectivity index (χ2n) is 6.33. The molecular weight excluding hydrogens is 352 g/mol. The highest BCUT2D eigenvalue weighted by atomic mass is 16.2. The number of carbonyl (C=O) groups excluding carboxylic acids is 3. The summed E-state index contributed by atoms with van der Waals surface area (Å²) in [5.41, 5.74) is 1.73. The number of para-hydroxylation sites is 1. The van der Waals surface area contributed by atoms with Gasteiger partial charge in [-0.3, -0.25) is 14.4 Å². The highest BCUT2D eigenvalue weighted by molar-refractivity contribution is 6.53. The lowest BCUT2D eigenvalue weighted by Gasteiger charge is -2.27. The molecule has 4 rings (SSSR count). The first-order chi connectivity index (χ1) is 13.7. The first-order valence-electron chi connectivity index (χ1n) is 8.83. The fraction of sp³-hybridized carbons (Fsp3) is 0.0435. The third kappa shape index (κ3) is 3.14. The molecule has 0 saturated heterocycles. The van der Waals surface area contributed by atoms with Crippen LogP contribution in [0.3, 0.4) is 0 Å². The second-order valence-corrected chi connectivity index (χ2v) is 6.33. The Balaban J connectivity index is 1.86. The molecular formula is C23H16N2O3. The number of amides is 1. The summed E-state index contributed by atoms with van der Waals surface area (Å²) in [5.74, 6) is -3.31. The Morgan fingerprint density at radius 1 is 0.750 bits per heavy atom. The molecule has 0 radical (unpaired) electrons. The normalized spacial score (nSPS) is 16.6. The van der Waals surface area contributed by atoms with Crippen LogP contribution in [0.1, 0.15) is 15.9 Å². The molecule has 0 aromatic heterocycles. The lowest BCUT2D eigenvalue weighted by atomic mass is 9.84. The molecule has 0 saturated carbocycles. The molecule has 3 aromatic rings. The smallest absolute Gasteiger partial charge is 0.293 e. The van der Waals surface area contributed by atoms with Crippen molar-refractivity contribution >= 4 is 28.9 Å². The summed E-state index contributed by atoms with van der Waals surface area (Å²) in [7, 11) is 0. The van der Waals surface area contributed by atoms with E-state index in [1.165, 1.54) is 0 Å². The number of carbonyl (C=O) groups is 3. The standard InChI is InChI=1S/C23H16N2O3/c26-21(17-12-6-2-7-13-17)19-20(16-10-4-1-5-11-16)24-25(23(28)22(19)27)18-14-8-3-9-15-18/h1-15,19H. The van der Waals surface area contributed by atoms with Gasteiger partial charge in [0.25, 0.3) is 0 Å². The van der Waals surface area contributed by atoms with Crippen LogP contribution in [0.4, 0.5) is 5.69 Å². The minimum Gasteiger partial charge on any atom is -0.293 e. The molecule has 0 spiro atoms. The largest absolute Gasteiger partial charge is 0.315 e. The summed E-state index contributed by atoms with van der Waals surface area (Å²) in [6, 6.07) is 26.2. The van der Waals surface area contributed by atoms with Crippen molar-refractivity contribution in [3.8, 4) is 0 Å². The van der Waals surface area contributed by atoms with Gasteiger partial charge < -0.3 is 0 Å². The Labute approximate surface area is 161 Å². The lowest BCUT2D eigenvalue weighted by molar-refractivity contribution is -0.137. The van der Waals surface area contributed by atoms with Crippen molar-refractivity contribution < 1.29 is 14.4 Å². The number of ketones is 2. The van der Waals surface area contributed by atoms with Gasteiger partial charge in [0.2, 0.25) is 5.78 Å². The molecule has 5 heteroatoms. The van der Waals surface area contributed by atoms with Crippen LogP contribution in [0.15, 0.2) is 96.1 Å². The fourth-order valence-electron chi connectivity index (χ4n) is 3.15. The molecule has 0 fully saturated rings. The van der Waals surface area contributed by atoms with Crippen LogP contribution in [0.2, 0.25) is 0 Å². The molecule has 1 aliphatic heterocycles. The van der Waals surface area contributed by atoms with E-state index in [9.17, 15) is 14.4 Å². The Kier molecular flexibility index (Phi) is 4.64. The molecule has 1 amide bonds. The zero-order valence-electron chi connectivity index (χ0n) is 14.9. The number of benzene rings is 3. The number of hydrogen-bond acceptors (Lipinski definition) is 4. The molecule has 5 nitrogen and oxygen atoms in total. The summed E-state index contributed by atoms with van der Waals surface area (Å²) in [6.07, 6.45) is 0. The van der Waals surface area contributed by atoms with Gasteiger partial charge in [0.05, 0.1) is 11.4 Å². The van der Waals surface area contributed by atoms with Gasteiger partial charge in [0.1, 0.15) is 5.92 Å². The third-order valence-corrected chi connectivity index (χ3v) is 4.54. The van der Waals surface area contributed by atoms with Gasteiger partial charge in [-0.15, -0.1) is 0 Å². The first-order valence-corrected chi connectivity index (χ1v) is 8.83. The Hall–Kier alpha value is -3.86. The summed E-state index contributed by atoms with van der Waals surface area (Å²) in [4.78, 5) is 38.9. The predicted octanol–water partition coefficient (Wildman–Crippen LogP) is 3.51. The first kappa shape index (κ1) is 17.5. The highest BCUT2D eigenvalue weighted by Crippen LogP contribution is 2.26. The summed E-state index contributed by atoms with van der Waals surface area (Å²) >= 11 is 0. The molecule has 1 atom stereocenters. The van der Waals surface area contributed by atoms with Crippen LogP contribution in [0.25, 0.3) is 0 Å². The van der Waals surface area contributed by atoms with E-state index in [1.54, 1.807) is 78.9 Å². The summed E-state index contributed by atoms with van der Waals surface area (Å²) < 4.78 is 0. The Bertz CT molecular complexity index is 1060. The fourth-order valence-corrected chi connectivity index (χ4v) is 3.15. The minimum atomic E-state index is -1.27. The van der Waals surface area contributed by atoms with E-state index in [0.717, 1.165) is 5.01 Å². The van der Waals surface area contributed by atoms with Crippen LogP contribution < -0.4 is 5.01 Å². The summed E-state index contributed by atoms with van der Waals surface area (Å²) in [5, 5.41) is 5.51.